The number of pyridine rings is 1. The van der Waals surface area contributed by atoms with Gasteiger partial charge in [-0.3, -0.25) is 14.7 Å². The van der Waals surface area contributed by atoms with Crippen molar-refractivity contribution in [1.29, 1.82) is 0 Å². The van der Waals surface area contributed by atoms with Crippen LogP contribution in [0.4, 0.5) is 0 Å². The van der Waals surface area contributed by atoms with Gasteiger partial charge in [0.2, 0.25) is 0 Å². The Labute approximate surface area is 184 Å². The first-order chi connectivity index (χ1) is 14.5. The molecule has 1 aromatic heterocycles. The second-order valence-corrected chi connectivity index (χ2v) is 8.99. The molecule has 0 bridgehead atoms. The maximum absolute atomic E-state index is 12.7. The highest BCUT2D eigenvalue weighted by molar-refractivity contribution is 6.32. The topological polar surface area (TPSA) is 45.7 Å². The highest BCUT2D eigenvalue weighted by atomic mass is 35.5. The van der Waals surface area contributed by atoms with E-state index in [9.17, 15) is 4.79 Å². The summed E-state index contributed by atoms with van der Waals surface area (Å²) < 4.78 is 6.20. The molecule has 0 N–H and O–H groups in total. The number of likely N-dealkylation sites (tertiary alicyclic amines) is 1. The second-order valence-electron chi connectivity index (χ2n) is 8.61. The van der Waals surface area contributed by atoms with E-state index in [-0.39, 0.29) is 12.0 Å². The Morgan fingerprint density at radius 2 is 2.00 bits per heavy atom. The van der Waals surface area contributed by atoms with Gasteiger partial charge in [0.1, 0.15) is 5.75 Å². The summed E-state index contributed by atoms with van der Waals surface area (Å²) in [5, 5.41) is 0.743. The standard InChI is InChI=1S/C24H30ClN3O2/c1-17-21(8-6-10-26-17)24(29)27(2)15-18-13-20(14-18)30-22-9-5-7-19(23(22)25)16-28-11-3-4-12-28/h5-10,18,20H,3-4,11-16H2,1-2H3. The molecule has 6 heteroatoms. The average molecular weight is 428 g/mol. The summed E-state index contributed by atoms with van der Waals surface area (Å²) in [5.41, 5.74) is 2.59. The maximum atomic E-state index is 12.7. The molecule has 30 heavy (non-hydrogen) atoms. The van der Waals surface area contributed by atoms with Crippen molar-refractivity contribution >= 4 is 17.5 Å². The van der Waals surface area contributed by atoms with Gasteiger partial charge in [-0.2, -0.15) is 0 Å². The SMILES string of the molecule is Cc1ncccc1C(=O)N(C)CC1CC(Oc2cccc(CN3CCCC3)c2Cl)C1. The number of rotatable bonds is 7. The number of hydrogen-bond acceptors (Lipinski definition) is 4. The number of amides is 1. The van der Waals surface area contributed by atoms with E-state index in [2.05, 4.69) is 16.0 Å². The van der Waals surface area contributed by atoms with Crippen LogP contribution in [0.5, 0.6) is 5.75 Å². The highest BCUT2D eigenvalue weighted by Gasteiger charge is 2.33. The summed E-state index contributed by atoms with van der Waals surface area (Å²) in [7, 11) is 1.86. The number of halogens is 1. The molecule has 160 valence electrons. The molecule has 1 aliphatic carbocycles. The summed E-state index contributed by atoms with van der Waals surface area (Å²) in [6.07, 6.45) is 6.30. The number of benzene rings is 1. The fourth-order valence-electron chi connectivity index (χ4n) is 4.44. The monoisotopic (exact) mass is 427 g/mol. The van der Waals surface area contributed by atoms with Crippen molar-refractivity contribution in [3.8, 4) is 5.75 Å². The minimum Gasteiger partial charge on any atom is -0.489 e. The molecule has 0 spiro atoms. The van der Waals surface area contributed by atoms with E-state index >= 15 is 0 Å². The summed E-state index contributed by atoms with van der Waals surface area (Å²) in [6.45, 7) is 5.79. The van der Waals surface area contributed by atoms with Gasteiger partial charge in [0.05, 0.1) is 16.7 Å². The summed E-state index contributed by atoms with van der Waals surface area (Å²) in [5.74, 6) is 1.27. The van der Waals surface area contributed by atoms with Crippen LogP contribution in [-0.2, 0) is 6.54 Å². The quantitative estimate of drug-likeness (QED) is 0.649. The molecule has 5 nitrogen and oxygen atoms in total. The van der Waals surface area contributed by atoms with Gasteiger partial charge < -0.3 is 9.64 Å². The van der Waals surface area contributed by atoms with Crippen LogP contribution < -0.4 is 4.74 Å². The Morgan fingerprint density at radius 3 is 2.73 bits per heavy atom. The Morgan fingerprint density at radius 1 is 1.23 bits per heavy atom. The molecule has 0 atom stereocenters. The lowest BCUT2D eigenvalue weighted by Crippen LogP contribution is -2.42. The minimum absolute atomic E-state index is 0.0302. The number of ether oxygens (including phenoxy) is 1. The summed E-state index contributed by atoms with van der Waals surface area (Å²) >= 11 is 6.65. The molecule has 1 amide bonds. The van der Waals surface area contributed by atoms with Gasteiger partial charge in [0.15, 0.2) is 0 Å². The normalized spacial score (nSPS) is 21.3. The van der Waals surface area contributed by atoms with Gasteiger partial charge in [-0.1, -0.05) is 23.7 Å². The van der Waals surface area contributed by atoms with Crippen LogP contribution in [0.1, 0.15) is 47.3 Å². The average Bonchev–Trinajstić information content (AvgIpc) is 3.22. The number of carbonyl (C=O) groups excluding carboxylic acids is 1. The predicted molar refractivity (Wildman–Crippen MR) is 119 cm³/mol. The lowest BCUT2D eigenvalue weighted by atomic mass is 9.82. The Balaban J connectivity index is 1.28. The van der Waals surface area contributed by atoms with Crippen LogP contribution in [0.2, 0.25) is 5.02 Å². The Bertz CT molecular complexity index is 892. The molecule has 1 aliphatic heterocycles. The summed E-state index contributed by atoms with van der Waals surface area (Å²) in [4.78, 5) is 21.1. The third-order valence-corrected chi connectivity index (χ3v) is 6.67. The lowest BCUT2D eigenvalue weighted by Gasteiger charge is -2.37. The first-order valence-electron chi connectivity index (χ1n) is 10.8. The molecule has 0 radical (unpaired) electrons. The molecule has 1 saturated carbocycles. The Hall–Kier alpha value is -2.11. The van der Waals surface area contributed by atoms with Crippen LogP contribution in [0.3, 0.4) is 0 Å². The lowest BCUT2D eigenvalue weighted by molar-refractivity contribution is 0.0418. The van der Waals surface area contributed by atoms with Gasteiger partial charge >= 0.3 is 0 Å². The van der Waals surface area contributed by atoms with Gasteiger partial charge in [0.25, 0.3) is 5.91 Å². The van der Waals surface area contributed by atoms with Crippen molar-refractivity contribution in [3.63, 3.8) is 0 Å². The fourth-order valence-corrected chi connectivity index (χ4v) is 4.67. The molecule has 2 aliphatic rings. The van der Waals surface area contributed by atoms with Gasteiger partial charge in [-0.05, 0) is 75.4 Å². The van der Waals surface area contributed by atoms with Gasteiger partial charge in [-0.15, -0.1) is 0 Å². The molecular formula is C24H30ClN3O2. The summed E-state index contributed by atoms with van der Waals surface area (Å²) in [6, 6.07) is 9.74. The number of nitrogens with zero attached hydrogens (tertiary/aromatic N) is 3. The smallest absolute Gasteiger partial charge is 0.255 e. The van der Waals surface area contributed by atoms with Gasteiger partial charge in [-0.25, -0.2) is 0 Å². The van der Waals surface area contributed by atoms with Crippen molar-refractivity contribution in [2.75, 3.05) is 26.7 Å². The largest absolute Gasteiger partial charge is 0.489 e. The molecule has 0 unspecified atom stereocenters. The molecule has 1 saturated heterocycles. The van der Waals surface area contributed by atoms with Crippen molar-refractivity contribution < 1.29 is 9.53 Å². The van der Waals surface area contributed by atoms with E-state index in [0.717, 1.165) is 61.1 Å². The molecule has 4 rings (SSSR count). The van der Waals surface area contributed by atoms with E-state index in [1.165, 1.54) is 12.8 Å². The first kappa shape index (κ1) is 21.1. The third-order valence-electron chi connectivity index (χ3n) is 6.24. The van der Waals surface area contributed by atoms with Crippen LogP contribution in [0.25, 0.3) is 0 Å². The van der Waals surface area contributed by atoms with E-state index < -0.39 is 0 Å². The molecular weight excluding hydrogens is 398 g/mol. The second kappa shape index (κ2) is 9.36. The zero-order valence-corrected chi connectivity index (χ0v) is 18.6. The Kier molecular flexibility index (Phi) is 6.59. The van der Waals surface area contributed by atoms with E-state index in [1.54, 1.807) is 11.1 Å². The maximum Gasteiger partial charge on any atom is 0.255 e. The zero-order valence-electron chi connectivity index (χ0n) is 17.8. The predicted octanol–water partition coefficient (Wildman–Crippen LogP) is 4.57. The van der Waals surface area contributed by atoms with Crippen LogP contribution >= 0.6 is 11.6 Å². The first-order valence-corrected chi connectivity index (χ1v) is 11.2. The zero-order chi connectivity index (χ0) is 21.1. The number of hydrogen-bond donors (Lipinski definition) is 0. The molecule has 2 heterocycles. The van der Waals surface area contributed by atoms with Crippen molar-refractivity contribution in [2.45, 2.75) is 45.3 Å². The van der Waals surface area contributed by atoms with Crippen LogP contribution in [-0.4, -0.2) is 53.5 Å². The third kappa shape index (κ3) is 4.79. The van der Waals surface area contributed by atoms with Crippen molar-refractivity contribution in [3.05, 3.63) is 58.4 Å². The highest BCUT2D eigenvalue weighted by Crippen LogP contribution is 2.36. The van der Waals surface area contributed by atoms with E-state index in [4.69, 9.17) is 16.3 Å². The van der Waals surface area contributed by atoms with E-state index in [0.29, 0.717) is 11.5 Å². The van der Waals surface area contributed by atoms with Crippen molar-refractivity contribution in [2.24, 2.45) is 5.92 Å². The van der Waals surface area contributed by atoms with Crippen LogP contribution in [0.15, 0.2) is 36.5 Å². The number of aromatic nitrogens is 1. The number of aryl methyl sites for hydroxylation is 1. The molecule has 1 aromatic carbocycles. The van der Waals surface area contributed by atoms with Crippen LogP contribution in [0, 0.1) is 12.8 Å². The molecule has 2 fully saturated rings. The van der Waals surface area contributed by atoms with Crippen molar-refractivity contribution in [1.82, 2.24) is 14.8 Å². The number of carbonyl (C=O) groups is 1. The minimum atomic E-state index is 0.0302. The van der Waals surface area contributed by atoms with Gasteiger partial charge in [0, 0.05) is 32.0 Å². The fraction of sp³-hybridized carbons (Fsp3) is 0.500. The molecule has 2 aromatic rings. The van der Waals surface area contributed by atoms with E-state index in [1.807, 2.05) is 38.2 Å².